The van der Waals surface area contributed by atoms with Gasteiger partial charge >= 0.3 is 0 Å². The van der Waals surface area contributed by atoms with Crippen LogP contribution in [0.1, 0.15) is 18.5 Å². The molecule has 1 saturated heterocycles. The molecule has 1 aromatic rings. The Morgan fingerprint density at radius 2 is 1.91 bits per heavy atom. The van der Waals surface area contributed by atoms with Crippen molar-refractivity contribution >= 4 is 0 Å². The third-order valence-electron chi connectivity index (χ3n) is 4.15. The zero-order valence-electron chi connectivity index (χ0n) is 13.0. The van der Waals surface area contributed by atoms with Crippen molar-refractivity contribution in [3.05, 3.63) is 35.4 Å². The minimum atomic E-state index is -0.541. The van der Waals surface area contributed by atoms with Gasteiger partial charge in [0.05, 0.1) is 19.8 Å². The second-order valence-corrected chi connectivity index (χ2v) is 5.56. The molecule has 0 amide bonds. The molecular formula is C16H24F2N2O2. The van der Waals surface area contributed by atoms with Crippen LogP contribution in [-0.4, -0.2) is 67.5 Å². The molecule has 0 bridgehead atoms. The largest absolute Gasteiger partial charge is 0.394 e. The van der Waals surface area contributed by atoms with Gasteiger partial charge in [0, 0.05) is 50.4 Å². The Balaban J connectivity index is 1.80. The van der Waals surface area contributed by atoms with Crippen molar-refractivity contribution in [1.82, 2.24) is 9.80 Å². The summed E-state index contributed by atoms with van der Waals surface area (Å²) in [5.41, 5.74) is 0.543. The predicted molar refractivity (Wildman–Crippen MR) is 80.7 cm³/mol. The molecule has 1 aliphatic rings. The highest BCUT2D eigenvalue weighted by Crippen LogP contribution is 2.24. The number of halogens is 2. The van der Waals surface area contributed by atoms with Crippen molar-refractivity contribution in [3.63, 3.8) is 0 Å². The third kappa shape index (κ3) is 4.71. The Kier molecular flexibility index (Phi) is 6.70. The molecule has 4 nitrogen and oxygen atoms in total. The zero-order chi connectivity index (χ0) is 15.9. The SMILES string of the molecule is CC(c1ccc(F)cc1F)N1CCN(CCOCCO)CC1. The van der Waals surface area contributed by atoms with E-state index in [1.54, 1.807) is 0 Å². The average Bonchev–Trinajstić information content (AvgIpc) is 2.52. The fourth-order valence-electron chi connectivity index (χ4n) is 2.77. The second-order valence-electron chi connectivity index (χ2n) is 5.56. The van der Waals surface area contributed by atoms with Gasteiger partial charge in [-0.1, -0.05) is 6.07 Å². The molecule has 1 fully saturated rings. The predicted octanol–water partition coefficient (Wildman–Crippen LogP) is 1.65. The number of rotatable bonds is 7. The number of nitrogens with zero attached hydrogens (tertiary/aromatic N) is 2. The summed E-state index contributed by atoms with van der Waals surface area (Å²) in [7, 11) is 0. The van der Waals surface area contributed by atoms with Gasteiger partial charge in [-0.05, 0) is 13.0 Å². The van der Waals surface area contributed by atoms with E-state index >= 15 is 0 Å². The molecule has 1 unspecified atom stereocenters. The molecule has 0 saturated carbocycles. The van der Waals surface area contributed by atoms with Gasteiger partial charge in [0.1, 0.15) is 11.6 Å². The molecule has 2 rings (SSSR count). The molecule has 22 heavy (non-hydrogen) atoms. The number of ether oxygens (including phenoxy) is 1. The fraction of sp³-hybridized carbons (Fsp3) is 0.625. The molecule has 0 aromatic heterocycles. The summed E-state index contributed by atoms with van der Waals surface area (Å²) in [6.45, 7) is 7.32. The number of hydrogen-bond donors (Lipinski definition) is 1. The van der Waals surface area contributed by atoms with Crippen LogP contribution >= 0.6 is 0 Å². The summed E-state index contributed by atoms with van der Waals surface area (Å²) in [6, 6.07) is 3.72. The lowest BCUT2D eigenvalue weighted by Gasteiger charge is -2.38. The van der Waals surface area contributed by atoms with Crippen LogP contribution < -0.4 is 0 Å². The molecule has 1 atom stereocenters. The Morgan fingerprint density at radius 1 is 1.18 bits per heavy atom. The molecule has 1 aromatic carbocycles. The van der Waals surface area contributed by atoms with E-state index in [1.165, 1.54) is 12.1 Å². The highest BCUT2D eigenvalue weighted by atomic mass is 19.1. The van der Waals surface area contributed by atoms with Gasteiger partial charge < -0.3 is 9.84 Å². The smallest absolute Gasteiger partial charge is 0.130 e. The first-order chi connectivity index (χ1) is 10.6. The lowest BCUT2D eigenvalue weighted by atomic mass is 10.1. The van der Waals surface area contributed by atoms with Crippen LogP contribution in [0.4, 0.5) is 8.78 Å². The van der Waals surface area contributed by atoms with Crippen molar-refractivity contribution in [2.75, 3.05) is 52.5 Å². The Hall–Kier alpha value is -1.08. The molecule has 0 aliphatic carbocycles. The molecule has 124 valence electrons. The molecule has 0 radical (unpaired) electrons. The minimum absolute atomic E-state index is 0.0501. The van der Waals surface area contributed by atoms with Crippen LogP contribution in [0.2, 0.25) is 0 Å². The lowest BCUT2D eigenvalue weighted by molar-refractivity contribution is 0.0499. The standard InChI is InChI=1S/C16H24F2N2O2/c1-13(15-3-2-14(17)12-16(15)18)20-6-4-19(5-7-20)8-10-22-11-9-21/h2-3,12-13,21H,4-11H2,1H3. The highest BCUT2D eigenvalue weighted by molar-refractivity contribution is 5.21. The van der Waals surface area contributed by atoms with Gasteiger partial charge in [-0.15, -0.1) is 0 Å². The summed E-state index contributed by atoms with van der Waals surface area (Å²) in [6.07, 6.45) is 0. The van der Waals surface area contributed by atoms with E-state index in [9.17, 15) is 8.78 Å². The molecule has 1 N–H and O–H groups in total. The Bertz CT molecular complexity index is 465. The number of piperazine rings is 1. The van der Waals surface area contributed by atoms with Crippen LogP contribution in [0.3, 0.4) is 0 Å². The average molecular weight is 314 g/mol. The quantitative estimate of drug-likeness (QED) is 0.777. The van der Waals surface area contributed by atoms with E-state index in [-0.39, 0.29) is 12.6 Å². The van der Waals surface area contributed by atoms with Crippen LogP contribution in [0.25, 0.3) is 0 Å². The van der Waals surface area contributed by atoms with Gasteiger partial charge in [0.25, 0.3) is 0 Å². The minimum Gasteiger partial charge on any atom is -0.394 e. The zero-order valence-corrected chi connectivity index (χ0v) is 13.0. The molecular weight excluding hydrogens is 290 g/mol. The van der Waals surface area contributed by atoms with Crippen molar-refractivity contribution in [2.45, 2.75) is 13.0 Å². The highest BCUT2D eigenvalue weighted by Gasteiger charge is 2.23. The van der Waals surface area contributed by atoms with Gasteiger partial charge in [-0.25, -0.2) is 8.78 Å². The Labute approximate surface area is 130 Å². The van der Waals surface area contributed by atoms with Gasteiger partial charge in [0.15, 0.2) is 0 Å². The van der Waals surface area contributed by atoms with E-state index in [0.717, 1.165) is 38.8 Å². The molecule has 1 aliphatic heterocycles. The van der Waals surface area contributed by atoms with Crippen molar-refractivity contribution < 1.29 is 18.6 Å². The summed E-state index contributed by atoms with van der Waals surface area (Å²) in [5, 5.41) is 8.65. The number of aliphatic hydroxyl groups excluding tert-OH is 1. The van der Waals surface area contributed by atoms with E-state index in [4.69, 9.17) is 9.84 Å². The second kappa shape index (κ2) is 8.53. The van der Waals surface area contributed by atoms with E-state index in [0.29, 0.717) is 18.8 Å². The normalized spacial score (nSPS) is 18.5. The van der Waals surface area contributed by atoms with E-state index < -0.39 is 11.6 Å². The van der Waals surface area contributed by atoms with Gasteiger partial charge in [0.2, 0.25) is 0 Å². The number of hydrogen-bond acceptors (Lipinski definition) is 4. The molecule has 6 heteroatoms. The third-order valence-corrected chi connectivity index (χ3v) is 4.15. The fourth-order valence-corrected chi connectivity index (χ4v) is 2.77. The lowest BCUT2D eigenvalue weighted by Crippen LogP contribution is -2.48. The summed E-state index contributed by atoms with van der Waals surface area (Å²) >= 11 is 0. The maximum atomic E-state index is 13.9. The summed E-state index contributed by atoms with van der Waals surface area (Å²) in [4.78, 5) is 4.50. The number of aliphatic hydroxyl groups is 1. The van der Waals surface area contributed by atoms with Crippen LogP contribution in [0.15, 0.2) is 18.2 Å². The van der Waals surface area contributed by atoms with Crippen LogP contribution in [0.5, 0.6) is 0 Å². The van der Waals surface area contributed by atoms with Crippen LogP contribution in [0, 0.1) is 11.6 Å². The van der Waals surface area contributed by atoms with Gasteiger partial charge in [-0.3, -0.25) is 9.80 Å². The molecule has 1 heterocycles. The van der Waals surface area contributed by atoms with E-state index in [2.05, 4.69) is 9.80 Å². The number of benzene rings is 1. The van der Waals surface area contributed by atoms with E-state index in [1.807, 2.05) is 6.92 Å². The van der Waals surface area contributed by atoms with Gasteiger partial charge in [-0.2, -0.15) is 0 Å². The van der Waals surface area contributed by atoms with Crippen LogP contribution in [-0.2, 0) is 4.74 Å². The van der Waals surface area contributed by atoms with Crippen molar-refractivity contribution in [3.8, 4) is 0 Å². The maximum absolute atomic E-state index is 13.9. The Morgan fingerprint density at radius 3 is 2.55 bits per heavy atom. The topological polar surface area (TPSA) is 35.9 Å². The molecule has 0 spiro atoms. The first-order valence-corrected chi connectivity index (χ1v) is 7.71. The first-order valence-electron chi connectivity index (χ1n) is 7.71. The summed E-state index contributed by atoms with van der Waals surface area (Å²) in [5.74, 6) is -1.02. The van der Waals surface area contributed by atoms with Crippen molar-refractivity contribution in [2.24, 2.45) is 0 Å². The monoisotopic (exact) mass is 314 g/mol. The summed E-state index contributed by atoms with van der Waals surface area (Å²) < 4.78 is 32.1. The maximum Gasteiger partial charge on any atom is 0.130 e. The van der Waals surface area contributed by atoms with Crippen molar-refractivity contribution in [1.29, 1.82) is 0 Å². The first kappa shape index (κ1) is 17.3.